The van der Waals surface area contributed by atoms with Crippen LogP contribution in [0, 0.1) is 6.92 Å². The van der Waals surface area contributed by atoms with Crippen LogP contribution in [0.5, 0.6) is 0 Å². The first-order valence-electron chi connectivity index (χ1n) is 5.38. The lowest BCUT2D eigenvalue weighted by Gasteiger charge is -2.07. The Morgan fingerprint density at radius 1 is 1.35 bits per heavy atom. The monoisotopic (exact) mass is 292 g/mol. The van der Waals surface area contributed by atoms with Gasteiger partial charge in [-0.05, 0) is 38.1 Å². The maximum atomic E-state index is 11.5. The van der Waals surface area contributed by atoms with E-state index < -0.39 is 0 Å². The van der Waals surface area contributed by atoms with Crippen molar-refractivity contribution >= 4 is 38.4 Å². The van der Waals surface area contributed by atoms with Crippen LogP contribution in [-0.2, 0) is 4.79 Å². The number of carbonyl (C=O) groups excluding carboxylic acids is 1. The minimum atomic E-state index is -0.200. The van der Waals surface area contributed by atoms with E-state index in [0.29, 0.717) is 0 Å². The number of alkyl halides is 1. The summed E-state index contributed by atoms with van der Waals surface area (Å²) in [5, 5.41) is 3.86. The van der Waals surface area contributed by atoms with Gasteiger partial charge in [0.25, 0.3) is 0 Å². The molecule has 0 spiro atoms. The topological polar surface area (TPSA) is 42.0 Å². The molecule has 0 bridgehead atoms. The van der Waals surface area contributed by atoms with Crippen molar-refractivity contribution in [2.75, 3.05) is 5.32 Å². The maximum absolute atomic E-state index is 11.5. The Labute approximate surface area is 108 Å². The summed E-state index contributed by atoms with van der Waals surface area (Å²) in [6, 6.07) is 9.67. The number of rotatable bonds is 2. The van der Waals surface area contributed by atoms with Crippen LogP contribution < -0.4 is 5.32 Å². The molecule has 4 heteroatoms. The van der Waals surface area contributed by atoms with Crippen molar-refractivity contribution in [3.63, 3.8) is 0 Å². The molecule has 1 aromatic heterocycles. The van der Waals surface area contributed by atoms with E-state index in [4.69, 9.17) is 0 Å². The Kier molecular flexibility index (Phi) is 3.43. The summed E-state index contributed by atoms with van der Waals surface area (Å²) in [7, 11) is 0. The van der Waals surface area contributed by atoms with Crippen LogP contribution in [0.1, 0.15) is 12.6 Å². The molecule has 0 saturated carbocycles. The molecule has 1 N–H and O–H groups in total. The minimum absolute atomic E-state index is 0.0515. The number of nitrogens with zero attached hydrogens (tertiary/aromatic N) is 1. The number of carbonyl (C=O) groups is 1. The van der Waals surface area contributed by atoms with Gasteiger partial charge in [-0.3, -0.25) is 9.78 Å². The number of hydrogen-bond donors (Lipinski definition) is 1. The zero-order chi connectivity index (χ0) is 12.4. The molecule has 88 valence electrons. The van der Waals surface area contributed by atoms with E-state index in [1.54, 1.807) is 6.92 Å². The Balaban J connectivity index is 2.32. The predicted molar refractivity (Wildman–Crippen MR) is 73.5 cm³/mol. The molecule has 1 amide bonds. The third-order valence-corrected chi connectivity index (χ3v) is 2.87. The van der Waals surface area contributed by atoms with E-state index in [0.717, 1.165) is 22.3 Å². The van der Waals surface area contributed by atoms with Gasteiger partial charge in [0.2, 0.25) is 5.91 Å². The molecule has 2 aromatic rings. The van der Waals surface area contributed by atoms with Crippen LogP contribution in [-0.4, -0.2) is 15.7 Å². The molecule has 0 fully saturated rings. The highest BCUT2D eigenvalue weighted by molar-refractivity contribution is 9.10. The highest BCUT2D eigenvalue weighted by atomic mass is 79.9. The third kappa shape index (κ3) is 2.82. The van der Waals surface area contributed by atoms with Crippen LogP contribution in [0.15, 0.2) is 30.3 Å². The molecule has 17 heavy (non-hydrogen) atoms. The molecule has 1 aromatic carbocycles. The first kappa shape index (κ1) is 12.0. The van der Waals surface area contributed by atoms with Gasteiger partial charge in [-0.25, -0.2) is 0 Å². The Morgan fingerprint density at radius 2 is 2.12 bits per heavy atom. The summed E-state index contributed by atoms with van der Waals surface area (Å²) >= 11 is 3.23. The van der Waals surface area contributed by atoms with E-state index in [2.05, 4.69) is 26.2 Å². The lowest BCUT2D eigenvalue weighted by Crippen LogP contribution is -2.19. The summed E-state index contributed by atoms with van der Waals surface area (Å²) in [6.45, 7) is 3.75. The molecular formula is C13H13BrN2O. The van der Waals surface area contributed by atoms with Crippen LogP contribution in [0.3, 0.4) is 0 Å². The summed E-state index contributed by atoms with van der Waals surface area (Å²) in [6.07, 6.45) is 0. The molecule has 3 nitrogen and oxygen atoms in total. The third-order valence-electron chi connectivity index (χ3n) is 2.46. The fourth-order valence-corrected chi connectivity index (χ4v) is 1.66. The van der Waals surface area contributed by atoms with Gasteiger partial charge in [-0.1, -0.05) is 22.0 Å². The minimum Gasteiger partial charge on any atom is -0.325 e. The molecule has 0 aliphatic rings. The van der Waals surface area contributed by atoms with E-state index in [1.807, 2.05) is 37.3 Å². The van der Waals surface area contributed by atoms with Crippen molar-refractivity contribution in [2.24, 2.45) is 0 Å². The van der Waals surface area contributed by atoms with Crippen LogP contribution in [0.2, 0.25) is 0 Å². The standard InChI is InChI=1S/C13H13BrN2O/c1-8-3-4-10-7-11(5-6-12(10)15-8)16-13(17)9(2)14/h3-7,9H,1-2H3,(H,16,17). The summed E-state index contributed by atoms with van der Waals surface area (Å²) < 4.78 is 0. The number of hydrogen-bond acceptors (Lipinski definition) is 2. The average molecular weight is 293 g/mol. The zero-order valence-corrected chi connectivity index (χ0v) is 11.3. The lowest BCUT2D eigenvalue weighted by molar-refractivity contribution is -0.115. The smallest absolute Gasteiger partial charge is 0.237 e. The maximum Gasteiger partial charge on any atom is 0.237 e. The number of benzene rings is 1. The fraction of sp³-hybridized carbons (Fsp3) is 0.231. The number of anilines is 1. The highest BCUT2D eigenvalue weighted by Crippen LogP contribution is 2.18. The number of fused-ring (bicyclic) bond motifs is 1. The van der Waals surface area contributed by atoms with Gasteiger partial charge >= 0.3 is 0 Å². The first-order valence-corrected chi connectivity index (χ1v) is 6.30. The molecule has 1 heterocycles. The van der Waals surface area contributed by atoms with Crippen molar-refractivity contribution in [1.82, 2.24) is 4.98 Å². The number of amides is 1. The van der Waals surface area contributed by atoms with Crippen molar-refractivity contribution in [3.05, 3.63) is 36.0 Å². The fourth-order valence-electron chi connectivity index (χ4n) is 1.55. The molecule has 0 saturated heterocycles. The van der Waals surface area contributed by atoms with Gasteiger partial charge in [-0.15, -0.1) is 0 Å². The Bertz CT molecular complexity index is 566. The van der Waals surface area contributed by atoms with Gasteiger partial charge in [0.05, 0.1) is 10.3 Å². The number of aryl methyl sites for hydroxylation is 1. The molecule has 2 rings (SSSR count). The lowest BCUT2D eigenvalue weighted by atomic mass is 10.2. The highest BCUT2D eigenvalue weighted by Gasteiger charge is 2.08. The SMILES string of the molecule is Cc1ccc2cc(NC(=O)C(C)Br)ccc2n1. The van der Waals surface area contributed by atoms with E-state index in [1.165, 1.54) is 0 Å². The number of pyridine rings is 1. The summed E-state index contributed by atoms with van der Waals surface area (Å²) in [5.41, 5.74) is 2.72. The molecule has 0 aliphatic carbocycles. The molecule has 1 atom stereocenters. The molecule has 0 radical (unpaired) electrons. The van der Waals surface area contributed by atoms with Gasteiger partial charge in [0.1, 0.15) is 0 Å². The Morgan fingerprint density at radius 3 is 2.82 bits per heavy atom. The normalized spacial score (nSPS) is 12.4. The van der Waals surface area contributed by atoms with Gasteiger partial charge in [0, 0.05) is 16.8 Å². The predicted octanol–water partition coefficient (Wildman–Crippen LogP) is 3.27. The summed E-state index contributed by atoms with van der Waals surface area (Å²) in [5.74, 6) is -0.0515. The molecule has 0 aliphatic heterocycles. The van der Waals surface area contributed by atoms with Crippen molar-refractivity contribution < 1.29 is 4.79 Å². The second kappa shape index (κ2) is 4.84. The Hall–Kier alpha value is -1.42. The zero-order valence-electron chi connectivity index (χ0n) is 9.70. The number of nitrogens with one attached hydrogen (secondary N) is 1. The van der Waals surface area contributed by atoms with Gasteiger partial charge in [0.15, 0.2) is 0 Å². The number of halogens is 1. The van der Waals surface area contributed by atoms with E-state index in [9.17, 15) is 4.79 Å². The van der Waals surface area contributed by atoms with Crippen LogP contribution in [0.4, 0.5) is 5.69 Å². The second-order valence-electron chi connectivity index (χ2n) is 3.97. The van der Waals surface area contributed by atoms with E-state index in [-0.39, 0.29) is 10.7 Å². The molecular weight excluding hydrogens is 280 g/mol. The quantitative estimate of drug-likeness (QED) is 0.863. The number of aromatic nitrogens is 1. The van der Waals surface area contributed by atoms with E-state index >= 15 is 0 Å². The average Bonchev–Trinajstić information content (AvgIpc) is 2.29. The van der Waals surface area contributed by atoms with Crippen molar-refractivity contribution in [1.29, 1.82) is 0 Å². The first-order chi connectivity index (χ1) is 8.06. The van der Waals surface area contributed by atoms with Gasteiger partial charge in [-0.2, -0.15) is 0 Å². The van der Waals surface area contributed by atoms with Crippen molar-refractivity contribution in [3.8, 4) is 0 Å². The second-order valence-corrected chi connectivity index (χ2v) is 5.34. The summed E-state index contributed by atoms with van der Waals surface area (Å²) in [4.78, 5) is 15.7. The van der Waals surface area contributed by atoms with Crippen LogP contribution >= 0.6 is 15.9 Å². The van der Waals surface area contributed by atoms with Crippen LogP contribution in [0.25, 0.3) is 10.9 Å². The van der Waals surface area contributed by atoms with Crippen molar-refractivity contribution in [2.45, 2.75) is 18.7 Å². The largest absolute Gasteiger partial charge is 0.325 e. The molecule has 1 unspecified atom stereocenters. The van der Waals surface area contributed by atoms with Gasteiger partial charge < -0.3 is 5.32 Å².